The van der Waals surface area contributed by atoms with Crippen molar-refractivity contribution in [3.05, 3.63) is 12.2 Å². The average Bonchev–Trinajstić information content (AvgIpc) is 2.96. The van der Waals surface area contributed by atoms with E-state index >= 15 is 0 Å². The molecular formula is C19H36N2O. The number of nitrogens with zero attached hydrogens (tertiary/aromatic N) is 2. The van der Waals surface area contributed by atoms with Crippen LogP contribution in [-0.4, -0.2) is 42.1 Å². The monoisotopic (exact) mass is 308 g/mol. The Kier molecular flexibility index (Phi) is 12.1. The van der Waals surface area contributed by atoms with Crippen LogP contribution in [-0.2, 0) is 0 Å². The topological polar surface area (TPSA) is 35.8 Å². The van der Waals surface area contributed by atoms with Crippen LogP contribution in [0.5, 0.6) is 0 Å². The minimum atomic E-state index is 0.214. The molecule has 0 saturated heterocycles. The first kappa shape index (κ1) is 19.2. The molecule has 1 N–H and O–H groups in total. The second-order valence-corrected chi connectivity index (χ2v) is 6.32. The van der Waals surface area contributed by atoms with Crippen LogP contribution < -0.4 is 0 Å². The fourth-order valence-electron chi connectivity index (χ4n) is 2.94. The Labute approximate surface area is 137 Å². The van der Waals surface area contributed by atoms with Crippen molar-refractivity contribution in [1.82, 2.24) is 4.90 Å². The first-order valence-electron chi connectivity index (χ1n) is 9.45. The summed E-state index contributed by atoms with van der Waals surface area (Å²) in [7, 11) is 0. The molecule has 3 nitrogen and oxygen atoms in total. The van der Waals surface area contributed by atoms with E-state index in [1.54, 1.807) is 0 Å². The van der Waals surface area contributed by atoms with Gasteiger partial charge in [0.1, 0.15) is 5.84 Å². The van der Waals surface area contributed by atoms with Gasteiger partial charge in [-0.25, -0.2) is 0 Å². The Hall–Kier alpha value is -0.830. The van der Waals surface area contributed by atoms with Crippen molar-refractivity contribution in [1.29, 1.82) is 0 Å². The number of aliphatic hydroxyl groups is 1. The molecule has 0 aromatic rings. The number of aliphatic hydroxyl groups excluding tert-OH is 1. The number of rotatable bonds is 14. The summed E-state index contributed by atoms with van der Waals surface area (Å²) in [5.74, 6) is 1.06. The Morgan fingerprint density at radius 2 is 1.64 bits per heavy atom. The number of unbranched alkanes of at least 4 members (excludes halogenated alkanes) is 10. The third kappa shape index (κ3) is 9.24. The lowest BCUT2D eigenvalue weighted by atomic mass is 10.1. The minimum absolute atomic E-state index is 0.214. The number of aliphatic imine (C=N–C) groups is 1. The lowest BCUT2D eigenvalue weighted by molar-refractivity contribution is 0.257. The SMILES string of the molecule is CCCCCCCCCCCC/C=C/C1=NCCN1CCO. The molecule has 0 aromatic carbocycles. The average molecular weight is 309 g/mol. The van der Waals surface area contributed by atoms with E-state index in [0.717, 1.165) is 25.3 Å². The molecule has 0 radical (unpaired) electrons. The third-order valence-electron chi connectivity index (χ3n) is 4.33. The smallest absolute Gasteiger partial charge is 0.123 e. The van der Waals surface area contributed by atoms with Gasteiger partial charge < -0.3 is 10.0 Å². The highest BCUT2D eigenvalue weighted by atomic mass is 16.3. The van der Waals surface area contributed by atoms with Crippen molar-refractivity contribution in [2.24, 2.45) is 4.99 Å². The van der Waals surface area contributed by atoms with Gasteiger partial charge in [0.05, 0.1) is 13.2 Å². The highest BCUT2D eigenvalue weighted by Gasteiger charge is 2.12. The Morgan fingerprint density at radius 3 is 2.27 bits per heavy atom. The quantitative estimate of drug-likeness (QED) is 0.477. The van der Waals surface area contributed by atoms with Crippen LogP contribution in [0.2, 0.25) is 0 Å². The summed E-state index contributed by atoms with van der Waals surface area (Å²) >= 11 is 0. The van der Waals surface area contributed by atoms with Gasteiger partial charge in [-0.05, 0) is 18.9 Å². The summed E-state index contributed by atoms with van der Waals surface area (Å²) in [5.41, 5.74) is 0. The second-order valence-electron chi connectivity index (χ2n) is 6.32. The third-order valence-corrected chi connectivity index (χ3v) is 4.33. The molecule has 0 atom stereocenters. The van der Waals surface area contributed by atoms with Gasteiger partial charge in [0.2, 0.25) is 0 Å². The molecule has 0 aliphatic carbocycles. The van der Waals surface area contributed by atoms with E-state index in [9.17, 15) is 0 Å². The van der Waals surface area contributed by atoms with Crippen LogP contribution in [0, 0.1) is 0 Å². The van der Waals surface area contributed by atoms with Gasteiger partial charge >= 0.3 is 0 Å². The molecule has 0 spiro atoms. The predicted octanol–water partition coefficient (Wildman–Crippen LogP) is 4.56. The van der Waals surface area contributed by atoms with E-state index < -0.39 is 0 Å². The zero-order valence-electron chi connectivity index (χ0n) is 14.6. The van der Waals surface area contributed by atoms with Crippen molar-refractivity contribution in [2.45, 2.75) is 77.6 Å². The van der Waals surface area contributed by atoms with Gasteiger partial charge in [0.25, 0.3) is 0 Å². The number of allylic oxidation sites excluding steroid dienone is 1. The number of β-amino-alcohol motifs (C(OH)–C–C–N with tert-alkyl or cyclic N) is 1. The Balaban J connectivity index is 1.90. The molecular weight excluding hydrogens is 272 g/mol. The van der Waals surface area contributed by atoms with Gasteiger partial charge in [-0.1, -0.05) is 70.8 Å². The standard InChI is InChI=1S/C19H36N2O/c1-2-3-4-5-6-7-8-9-10-11-12-13-14-19-20-15-16-21(19)17-18-22/h13-14,22H,2-12,15-18H2,1H3/b14-13+. The lowest BCUT2D eigenvalue weighted by Gasteiger charge is -2.16. The lowest BCUT2D eigenvalue weighted by Crippen LogP contribution is -2.29. The molecule has 1 aliphatic rings. The molecule has 0 unspecified atom stereocenters. The number of hydrogen-bond acceptors (Lipinski definition) is 3. The summed E-state index contributed by atoms with van der Waals surface area (Å²) in [6.07, 6.45) is 19.5. The van der Waals surface area contributed by atoms with E-state index in [4.69, 9.17) is 5.11 Å². The van der Waals surface area contributed by atoms with Crippen molar-refractivity contribution >= 4 is 5.84 Å². The Bertz CT molecular complexity index is 313. The normalized spacial score (nSPS) is 15.0. The Morgan fingerprint density at radius 1 is 1.00 bits per heavy atom. The van der Waals surface area contributed by atoms with Crippen LogP contribution in [0.3, 0.4) is 0 Å². The first-order chi connectivity index (χ1) is 10.9. The molecule has 0 bridgehead atoms. The summed E-state index contributed by atoms with van der Waals surface area (Å²) in [6, 6.07) is 0. The molecule has 1 aliphatic heterocycles. The molecule has 128 valence electrons. The van der Waals surface area contributed by atoms with Crippen molar-refractivity contribution in [2.75, 3.05) is 26.2 Å². The number of hydrogen-bond donors (Lipinski definition) is 1. The maximum absolute atomic E-state index is 9.00. The van der Waals surface area contributed by atoms with E-state index in [2.05, 4.69) is 29.0 Å². The predicted molar refractivity (Wildman–Crippen MR) is 96.6 cm³/mol. The fraction of sp³-hybridized carbons (Fsp3) is 0.842. The maximum Gasteiger partial charge on any atom is 0.123 e. The van der Waals surface area contributed by atoms with E-state index in [-0.39, 0.29) is 6.61 Å². The highest BCUT2D eigenvalue weighted by molar-refractivity contribution is 5.94. The fourth-order valence-corrected chi connectivity index (χ4v) is 2.94. The van der Waals surface area contributed by atoms with E-state index in [0.29, 0.717) is 6.54 Å². The minimum Gasteiger partial charge on any atom is -0.395 e. The van der Waals surface area contributed by atoms with Crippen LogP contribution in [0.4, 0.5) is 0 Å². The molecule has 22 heavy (non-hydrogen) atoms. The van der Waals surface area contributed by atoms with Gasteiger partial charge in [0, 0.05) is 13.1 Å². The summed E-state index contributed by atoms with van der Waals surface area (Å²) in [4.78, 5) is 6.63. The summed E-state index contributed by atoms with van der Waals surface area (Å²) in [6.45, 7) is 5.03. The van der Waals surface area contributed by atoms with Crippen LogP contribution in [0.15, 0.2) is 17.1 Å². The van der Waals surface area contributed by atoms with Gasteiger partial charge in [-0.2, -0.15) is 0 Å². The summed E-state index contributed by atoms with van der Waals surface area (Å²) in [5, 5.41) is 9.00. The van der Waals surface area contributed by atoms with Crippen molar-refractivity contribution < 1.29 is 5.11 Å². The van der Waals surface area contributed by atoms with Gasteiger partial charge in [0.15, 0.2) is 0 Å². The zero-order valence-corrected chi connectivity index (χ0v) is 14.6. The number of amidine groups is 1. The maximum atomic E-state index is 9.00. The van der Waals surface area contributed by atoms with Crippen molar-refractivity contribution in [3.63, 3.8) is 0 Å². The van der Waals surface area contributed by atoms with Gasteiger partial charge in [-0.3, -0.25) is 4.99 Å². The van der Waals surface area contributed by atoms with Crippen LogP contribution >= 0.6 is 0 Å². The van der Waals surface area contributed by atoms with E-state index in [1.165, 1.54) is 64.2 Å². The molecule has 0 fully saturated rings. The zero-order chi connectivity index (χ0) is 15.9. The van der Waals surface area contributed by atoms with E-state index in [1.807, 2.05) is 0 Å². The first-order valence-corrected chi connectivity index (χ1v) is 9.45. The molecule has 1 rings (SSSR count). The van der Waals surface area contributed by atoms with Crippen molar-refractivity contribution in [3.8, 4) is 0 Å². The van der Waals surface area contributed by atoms with Crippen LogP contribution in [0.25, 0.3) is 0 Å². The second kappa shape index (κ2) is 13.8. The largest absolute Gasteiger partial charge is 0.395 e. The van der Waals surface area contributed by atoms with Gasteiger partial charge in [-0.15, -0.1) is 0 Å². The molecule has 3 heteroatoms. The molecule has 1 heterocycles. The van der Waals surface area contributed by atoms with Crippen LogP contribution in [0.1, 0.15) is 77.6 Å². The molecule has 0 aromatic heterocycles. The highest BCUT2D eigenvalue weighted by Crippen LogP contribution is 2.11. The molecule has 0 saturated carbocycles. The summed E-state index contributed by atoms with van der Waals surface area (Å²) < 4.78 is 0. The molecule has 0 amide bonds.